The van der Waals surface area contributed by atoms with Gasteiger partial charge in [-0.2, -0.15) is 0 Å². The number of rotatable bonds is 6. The summed E-state index contributed by atoms with van der Waals surface area (Å²) >= 11 is 0. The Morgan fingerprint density at radius 2 is 2.00 bits per heavy atom. The minimum atomic E-state index is -0.166. The number of halogens is 1. The van der Waals surface area contributed by atoms with Crippen LogP contribution < -0.4 is 10.6 Å². The lowest BCUT2D eigenvalue weighted by atomic mass is 10.0. The first-order valence-corrected chi connectivity index (χ1v) is 8.39. The maximum atomic E-state index is 11.8. The molecule has 2 N–H and O–H groups in total. The Labute approximate surface area is 167 Å². The number of likely N-dealkylation sites (N-methyl/N-ethyl adjacent to an activating group) is 1. The quantitative estimate of drug-likeness (QED) is 0.387. The highest BCUT2D eigenvalue weighted by atomic mass is 127. The summed E-state index contributed by atoms with van der Waals surface area (Å²) in [5.41, 5.74) is 0.960. The van der Waals surface area contributed by atoms with Gasteiger partial charge < -0.3 is 20.3 Å². The first-order valence-electron chi connectivity index (χ1n) is 8.39. The summed E-state index contributed by atoms with van der Waals surface area (Å²) < 4.78 is 5.80. The second-order valence-electron chi connectivity index (χ2n) is 6.55. The van der Waals surface area contributed by atoms with Crippen LogP contribution in [0.2, 0.25) is 0 Å². The van der Waals surface area contributed by atoms with Crippen LogP contribution in [0.1, 0.15) is 25.3 Å². The Balaban J connectivity index is 0.00000312. The predicted octanol–water partition coefficient (Wildman–Crippen LogP) is 2.00. The van der Waals surface area contributed by atoms with E-state index in [-0.39, 0.29) is 42.0 Å². The molecule has 1 fully saturated rings. The molecule has 1 amide bonds. The Morgan fingerprint density at radius 3 is 2.60 bits per heavy atom. The van der Waals surface area contributed by atoms with Crippen LogP contribution in [-0.4, -0.2) is 56.2 Å². The predicted molar refractivity (Wildman–Crippen MR) is 111 cm³/mol. The van der Waals surface area contributed by atoms with Gasteiger partial charge in [-0.15, -0.1) is 24.0 Å². The molecule has 1 heterocycles. The number of hydrogen-bond donors (Lipinski definition) is 2. The third-order valence-electron chi connectivity index (χ3n) is 4.10. The number of nitrogens with one attached hydrogen (secondary N) is 2. The van der Waals surface area contributed by atoms with Gasteiger partial charge in [0.15, 0.2) is 5.96 Å². The summed E-state index contributed by atoms with van der Waals surface area (Å²) in [6, 6.07) is 10.0. The van der Waals surface area contributed by atoms with Crippen molar-refractivity contribution in [2.24, 2.45) is 4.99 Å². The highest BCUT2D eigenvalue weighted by molar-refractivity contribution is 14.0. The molecule has 140 valence electrons. The second-order valence-corrected chi connectivity index (χ2v) is 6.55. The molecule has 25 heavy (non-hydrogen) atoms. The molecule has 0 bridgehead atoms. The molecule has 1 saturated heterocycles. The molecule has 2 rings (SSSR count). The molecular weight excluding hydrogens is 431 g/mol. The fraction of sp³-hybridized carbons (Fsp3) is 0.556. The summed E-state index contributed by atoms with van der Waals surface area (Å²) in [7, 11) is 3.48. The number of aliphatic imine (C=N–C) groups is 1. The largest absolute Gasteiger partial charge is 0.373 e. The fourth-order valence-corrected chi connectivity index (χ4v) is 2.49. The average molecular weight is 460 g/mol. The summed E-state index contributed by atoms with van der Waals surface area (Å²) in [6.45, 7) is 4.35. The summed E-state index contributed by atoms with van der Waals surface area (Å²) in [6.07, 6.45) is 2.11. The molecule has 6 nitrogen and oxygen atoms in total. The van der Waals surface area contributed by atoms with Crippen LogP contribution in [0, 0.1) is 0 Å². The van der Waals surface area contributed by atoms with E-state index >= 15 is 0 Å². The molecule has 0 aromatic heterocycles. The topological polar surface area (TPSA) is 66.0 Å². The normalized spacial score (nSPS) is 19.9. The molecule has 0 spiro atoms. The zero-order chi connectivity index (χ0) is 17.4. The van der Waals surface area contributed by atoms with E-state index in [0.717, 1.165) is 25.0 Å². The molecular formula is C18H29IN4O2. The van der Waals surface area contributed by atoms with E-state index in [0.29, 0.717) is 19.0 Å². The van der Waals surface area contributed by atoms with Crippen molar-refractivity contribution in [1.82, 2.24) is 15.5 Å². The maximum absolute atomic E-state index is 11.8. The zero-order valence-electron chi connectivity index (χ0n) is 15.2. The van der Waals surface area contributed by atoms with Crippen molar-refractivity contribution in [3.63, 3.8) is 0 Å². The van der Waals surface area contributed by atoms with E-state index in [1.165, 1.54) is 0 Å². The molecule has 1 aromatic carbocycles. The third-order valence-corrected chi connectivity index (χ3v) is 4.10. The van der Waals surface area contributed by atoms with Gasteiger partial charge in [-0.1, -0.05) is 30.3 Å². The molecule has 0 aliphatic carbocycles. The van der Waals surface area contributed by atoms with Crippen molar-refractivity contribution in [3.05, 3.63) is 35.9 Å². The number of hydrogen-bond acceptors (Lipinski definition) is 3. The van der Waals surface area contributed by atoms with Crippen molar-refractivity contribution in [3.8, 4) is 0 Å². The van der Waals surface area contributed by atoms with Gasteiger partial charge >= 0.3 is 0 Å². The first-order chi connectivity index (χ1) is 11.5. The van der Waals surface area contributed by atoms with Crippen molar-refractivity contribution >= 4 is 35.8 Å². The molecule has 7 heteroatoms. The number of carbonyl (C=O) groups is 1. The van der Waals surface area contributed by atoms with Gasteiger partial charge in [-0.25, -0.2) is 4.99 Å². The van der Waals surface area contributed by atoms with Crippen LogP contribution >= 0.6 is 24.0 Å². The van der Waals surface area contributed by atoms with E-state index in [4.69, 9.17) is 4.74 Å². The minimum absolute atomic E-state index is 0. The molecule has 1 atom stereocenters. The van der Waals surface area contributed by atoms with Crippen LogP contribution in [0.4, 0.5) is 0 Å². The molecule has 1 unspecified atom stereocenters. The standard InChI is InChI=1S/C18H28N4O2.HI/c1-18(10-7-11-24-18)14-21-17(20-13-16(23)22(2)3)19-12-15-8-5-4-6-9-15;/h4-6,8-9H,7,10-14H2,1-3H3,(H2,19,20,21);1H. The van der Waals surface area contributed by atoms with Crippen LogP contribution in [0.15, 0.2) is 35.3 Å². The van der Waals surface area contributed by atoms with Gasteiger partial charge in [0.1, 0.15) is 0 Å². The lowest BCUT2D eigenvalue weighted by molar-refractivity contribution is -0.127. The number of benzene rings is 1. The van der Waals surface area contributed by atoms with Crippen LogP contribution in [0.5, 0.6) is 0 Å². The van der Waals surface area contributed by atoms with E-state index in [1.807, 2.05) is 30.3 Å². The summed E-state index contributed by atoms with van der Waals surface area (Å²) in [4.78, 5) is 17.9. The van der Waals surface area contributed by atoms with E-state index in [9.17, 15) is 4.79 Å². The number of carbonyl (C=O) groups excluding carboxylic acids is 1. The first kappa shape index (κ1) is 21.7. The van der Waals surface area contributed by atoms with Gasteiger partial charge in [0.2, 0.25) is 5.91 Å². The van der Waals surface area contributed by atoms with Gasteiger partial charge in [-0.3, -0.25) is 4.79 Å². The highest BCUT2D eigenvalue weighted by Gasteiger charge is 2.29. The second kappa shape index (κ2) is 10.6. The van der Waals surface area contributed by atoms with Gasteiger partial charge in [0, 0.05) is 27.2 Å². The molecule has 1 aromatic rings. The number of nitrogens with zero attached hydrogens (tertiary/aromatic N) is 2. The molecule has 1 aliphatic rings. The number of amides is 1. The Kier molecular flexibility index (Phi) is 9.20. The lowest BCUT2D eigenvalue weighted by Gasteiger charge is -2.25. The lowest BCUT2D eigenvalue weighted by Crippen LogP contribution is -2.47. The smallest absolute Gasteiger partial charge is 0.241 e. The van der Waals surface area contributed by atoms with Crippen molar-refractivity contribution in [2.45, 2.75) is 31.9 Å². The van der Waals surface area contributed by atoms with E-state index in [1.54, 1.807) is 19.0 Å². The Bertz CT molecular complexity index is 557. The Hall–Kier alpha value is -1.35. The molecule has 0 saturated carbocycles. The third kappa shape index (κ3) is 7.60. The SMILES string of the molecule is CN(C)C(=O)CNC(=NCc1ccccc1)NCC1(C)CCCO1.I. The Morgan fingerprint density at radius 1 is 1.28 bits per heavy atom. The summed E-state index contributed by atoms with van der Waals surface area (Å²) in [5.74, 6) is 0.637. The van der Waals surface area contributed by atoms with Crippen LogP contribution in [0.25, 0.3) is 0 Å². The van der Waals surface area contributed by atoms with Crippen LogP contribution in [0.3, 0.4) is 0 Å². The fourth-order valence-electron chi connectivity index (χ4n) is 2.49. The minimum Gasteiger partial charge on any atom is -0.373 e. The van der Waals surface area contributed by atoms with Crippen molar-refractivity contribution < 1.29 is 9.53 Å². The van der Waals surface area contributed by atoms with E-state index < -0.39 is 0 Å². The molecule has 0 radical (unpaired) electrons. The number of ether oxygens (including phenoxy) is 1. The maximum Gasteiger partial charge on any atom is 0.241 e. The monoisotopic (exact) mass is 460 g/mol. The highest BCUT2D eigenvalue weighted by Crippen LogP contribution is 2.23. The van der Waals surface area contributed by atoms with Crippen molar-refractivity contribution in [2.75, 3.05) is 33.8 Å². The van der Waals surface area contributed by atoms with E-state index in [2.05, 4.69) is 22.5 Å². The number of guanidine groups is 1. The van der Waals surface area contributed by atoms with Gasteiger partial charge in [0.05, 0.1) is 18.7 Å². The molecule has 1 aliphatic heterocycles. The van der Waals surface area contributed by atoms with Gasteiger partial charge in [-0.05, 0) is 25.3 Å². The average Bonchev–Trinajstić information content (AvgIpc) is 3.01. The van der Waals surface area contributed by atoms with Gasteiger partial charge in [0.25, 0.3) is 0 Å². The van der Waals surface area contributed by atoms with Crippen LogP contribution in [-0.2, 0) is 16.1 Å². The van der Waals surface area contributed by atoms with Crippen molar-refractivity contribution in [1.29, 1.82) is 0 Å². The zero-order valence-corrected chi connectivity index (χ0v) is 17.6. The summed E-state index contributed by atoms with van der Waals surface area (Å²) in [5, 5.41) is 6.41.